The second kappa shape index (κ2) is 4.98. The van der Waals surface area contributed by atoms with Gasteiger partial charge in [-0.2, -0.15) is 0 Å². The molecule has 0 spiro atoms. The molecule has 26 heavy (non-hydrogen) atoms. The molecule has 1 fully saturated rings. The van der Waals surface area contributed by atoms with Crippen molar-refractivity contribution >= 4 is 34.4 Å². The standard InChI is InChI=1S/C19H14N2O5/c1-2-20-16(22)10-3-5-12-15-13(6-4-11(14(10)15)17(20)23)19(25)21(18(12)24)7-9-8-26-9/h3-6,9H,2,7-8H2,1H3/t9-/m0/s1. The number of rotatable bonds is 3. The third-order valence-corrected chi connectivity index (χ3v) is 5.17. The summed E-state index contributed by atoms with van der Waals surface area (Å²) in [5, 5.41) is 0.809. The summed E-state index contributed by atoms with van der Waals surface area (Å²) < 4.78 is 5.15. The topological polar surface area (TPSA) is 87.3 Å². The van der Waals surface area contributed by atoms with Crippen molar-refractivity contribution in [3.63, 3.8) is 0 Å². The van der Waals surface area contributed by atoms with Crippen molar-refractivity contribution in [3.8, 4) is 0 Å². The zero-order valence-electron chi connectivity index (χ0n) is 13.9. The first-order chi connectivity index (χ1) is 12.5. The molecule has 0 N–H and O–H groups in total. The molecule has 0 saturated carbocycles. The summed E-state index contributed by atoms with van der Waals surface area (Å²) in [5.41, 5.74) is 1.38. The number of ether oxygens (including phenoxy) is 1. The number of epoxide rings is 1. The number of hydrogen-bond acceptors (Lipinski definition) is 5. The maximum atomic E-state index is 12.9. The van der Waals surface area contributed by atoms with Crippen LogP contribution in [-0.2, 0) is 4.74 Å². The lowest BCUT2D eigenvalue weighted by atomic mass is 9.86. The summed E-state index contributed by atoms with van der Waals surface area (Å²) in [4.78, 5) is 53.4. The van der Waals surface area contributed by atoms with Gasteiger partial charge in [-0.1, -0.05) is 0 Å². The van der Waals surface area contributed by atoms with Crippen LogP contribution in [-0.4, -0.2) is 59.2 Å². The van der Waals surface area contributed by atoms with E-state index in [0.29, 0.717) is 39.6 Å². The molecule has 4 amide bonds. The molecule has 1 saturated heterocycles. The fraction of sp³-hybridized carbons (Fsp3) is 0.263. The zero-order chi connectivity index (χ0) is 18.2. The average molecular weight is 350 g/mol. The summed E-state index contributed by atoms with van der Waals surface area (Å²) in [7, 11) is 0. The van der Waals surface area contributed by atoms with Crippen LogP contribution in [0.25, 0.3) is 10.8 Å². The minimum absolute atomic E-state index is 0.112. The molecule has 3 aliphatic rings. The van der Waals surface area contributed by atoms with E-state index in [9.17, 15) is 19.2 Å². The predicted molar refractivity (Wildman–Crippen MR) is 90.1 cm³/mol. The minimum atomic E-state index is -0.417. The molecular weight excluding hydrogens is 336 g/mol. The van der Waals surface area contributed by atoms with Crippen LogP contribution in [0.1, 0.15) is 48.4 Å². The molecule has 7 heteroatoms. The van der Waals surface area contributed by atoms with Gasteiger partial charge in [0.2, 0.25) is 0 Å². The second-order valence-corrected chi connectivity index (χ2v) is 6.60. The Balaban J connectivity index is 1.79. The van der Waals surface area contributed by atoms with Gasteiger partial charge in [0.1, 0.15) is 0 Å². The van der Waals surface area contributed by atoms with Crippen molar-refractivity contribution in [1.29, 1.82) is 0 Å². The van der Waals surface area contributed by atoms with E-state index in [0.717, 1.165) is 0 Å². The van der Waals surface area contributed by atoms with Crippen molar-refractivity contribution < 1.29 is 23.9 Å². The fourth-order valence-corrected chi connectivity index (χ4v) is 3.80. The van der Waals surface area contributed by atoms with Crippen molar-refractivity contribution in [3.05, 3.63) is 46.5 Å². The highest BCUT2D eigenvalue weighted by molar-refractivity contribution is 6.33. The molecule has 2 aromatic carbocycles. The molecule has 3 heterocycles. The lowest BCUT2D eigenvalue weighted by molar-refractivity contribution is 0.0585. The third-order valence-electron chi connectivity index (χ3n) is 5.17. The Bertz CT molecular complexity index is 983. The maximum absolute atomic E-state index is 12.9. The van der Waals surface area contributed by atoms with Crippen molar-refractivity contribution in [2.75, 3.05) is 19.7 Å². The molecule has 0 aliphatic carbocycles. The van der Waals surface area contributed by atoms with Gasteiger partial charge >= 0.3 is 0 Å². The molecule has 3 aliphatic heterocycles. The predicted octanol–water partition coefficient (Wildman–Crippen LogP) is 1.45. The molecule has 1 atom stereocenters. The van der Waals surface area contributed by atoms with E-state index < -0.39 is 23.6 Å². The van der Waals surface area contributed by atoms with E-state index in [1.54, 1.807) is 31.2 Å². The lowest BCUT2D eigenvalue weighted by Crippen LogP contribution is -2.44. The molecular formula is C19H14N2O5. The zero-order valence-corrected chi connectivity index (χ0v) is 13.9. The van der Waals surface area contributed by atoms with E-state index in [1.807, 2.05) is 0 Å². The summed E-state index contributed by atoms with van der Waals surface area (Å²) in [6.07, 6.45) is -0.112. The monoisotopic (exact) mass is 350 g/mol. The van der Waals surface area contributed by atoms with Gasteiger partial charge in [-0.05, 0) is 31.2 Å². The Morgan fingerprint density at radius 3 is 1.54 bits per heavy atom. The van der Waals surface area contributed by atoms with E-state index >= 15 is 0 Å². The number of nitrogens with zero attached hydrogens (tertiary/aromatic N) is 2. The molecule has 5 rings (SSSR count). The summed E-state index contributed by atoms with van der Waals surface area (Å²) in [6.45, 7) is 2.74. The number of hydrogen-bond donors (Lipinski definition) is 0. The van der Waals surface area contributed by atoms with Gasteiger partial charge in [-0.25, -0.2) is 0 Å². The summed E-state index contributed by atoms with van der Waals surface area (Å²) in [6, 6.07) is 6.29. The summed E-state index contributed by atoms with van der Waals surface area (Å²) in [5.74, 6) is -1.64. The largest absolute Gasteiger partial charge is 0.371 e. The van der Waals surface area contributed by atoms with Gasteiger partial charge in [0, 0.05) is 39.6 Å². The van der Waals surface area contributed by atoms with Gasteiger partial charge in [0.25, 0.3) is 23.6 Å². The number of carbonyl (C=O) groups excluding carboxylic acids is 4. The molecule has 0 unspecified atom stereocenters. The third kappa shape index (κ3) is 1.80. The summed E-state index contributed by atoms with van der Waals surface area (Å²) >= 11 is 0. The lowest BCUT2D eigenvalue weighted by Gasteiger charge is -2.31. The molecule has 0 radical (unpaired) electrons. The fourth-order valence-electron chi connectivity index (χ4n) is 3.80. The molecule has 130 valence electrons. The van der Waals surface area contributed by atoms with Crippen LogP contribution in [0.3, 0.4) is 0 Å². The molecule has 0 bridgehead atoms. The Labute approximate surface area is 148 Å². The minimum Gasteiger partial charge on any atom is -0.371 e. The number of carbonyl (C=O) groups is 4. The SMILES string of the molecule is CCN1C(=O)c2ccc3c4c(ccc(c24)C1=O)C(=O)N(C[C@H]1CO1)C3=O. The molecule has 0 aromatic heterocycles. The quantitative estimate of drug-likeness (QED) is 0.618. The number of imide groups is 2. The Morgan fingerprint density at radius 1 is 0.808 bits per heavy atom. The van der Waals surface area contributed by atoms with Crippen LogP contribution in [0.15, 0.2) is 24.3 Å². The Hall–Kier alpha value is -3.06. The number of benzene rings is 2. The maximum Gasteiger partial charge on any atom is 0.261 e. The van der Waals surface area contributed by atoms with Gasteiger partial charge in [-0.15, -0.1) is 0 Å². The highest BCUT2D eigenvalue weighted by atomic mass is 16.6. The first-order valence-corrected chi connectivity index (χ1v) is 8.46. The number of amides is 4. The first kappa shape index (κ1) is 15.2. The van der Waals surface area contributed by atoms with Crippen molar-refractivity contribution in [2.45, 2.75) is 13.0 Å². The van der Waals surface area contributed by atoms with Gasteiger partial charge in [-0.3, -0.25) is 29.0 Å². The van der Waals surface area contributed by atoms with Crippen molar-refractivity contribution in [1.82, 2.24) is 9.80 Å². The van der Waals surface area contributed by atoms with E-state index in [1.165, 1.54) is 9.80 Å². The highest BCUT2D eigenvalue weighted by Gasteiger charge is 2.41. The van der Waals surface area contributed by atoms with Crippen LogP contribution < -0.4 is 0 Å². The van der Waals surface area contributed by atoms with Crippen molar-refractivity contribution in [2.24, 2.45) is 0 Å². The van der Waals surface area contributed by atoms with Gasteiger partial charge < -0.3 is 4.74 Å². The molecule has 7 nitrogen and oxygen atoms in total. The smallest absolute Gasteiger partial charge is 0.261 e. The molecule has 2 aromatic rings. The first-order valence-electron chi connectivity index (χ1n) is 8.46. The van der Waals surface area contributed by atoms with E-state index in [-0.39, 0.29) is 19.2 Å². The van der Waals surface area contributed by atoms with E-state index in [2.05, 4.69) is 0 Å². The van der Waals surface area contributed by atoms with Crippen LogP contribution >= 0.6 is 0 Å². The Kier molecular flexibility index (Phi) is 2.92. The van der Waals surface area contributed by atoms with Crippen LogP contribution in [0, 0.1) is 0 Å². The van der Waals surface area contributed by atoms with Gasteiger partial charge in [0.05, 0.1) is 19.3 Å². The highest BCUT2D eigenvalue weighted by Crippen LogP contribution is 2.38. The van der Waals surface area contributed by atoms with E-state index in [4.69, 9.17) is 4.74 Å². The normalized spacial score (nSPS) is 21.0. The van der Waals surface area contributed by atoms with Crippen LogP contribution in [0.4, 0.5) is 0 Å². The van der Waals surface area contributed by atoms with Gasteiger partial charge in [0.15, 0.2) is 0 Å². The second-order valence-electron chi connectivity index (χ2n) is 6.60. The Morgan fingerprint density at radius 2 is 1.19 bits per heavy atom. The van der Waals surface area contributed by atoms with Crippen LogP contribution in [0.5, 0.6) is 0 Å². The average Bonchev–Trinajstić information content (AvgIpc) is 3.46. The van der Waals surface area contributed by atoms with Crippen LogP contribution in [0.2, 0.25) is 0 Å².